The van der Waals surface area contributed by atoms with Crippen molar-refractivity contribution in [2.24, 2.45) is 5.92 Å². The number of hydrogen-bond acceptors (Lipinski definition) is 3. The van der Waals surface area contributed by atoms with Crippen molar-refractivity contribution in [2.45, 2.75) is 26.8 Å². The molecule has 1 aromatic carbocycles. The Hall–Kier alpha value is -2.50. The van der Waals surface area contributed by atoms with Gasteiger partial charge in [-0.2, -0.15) is 5.10 Å². The highest BCUT2D eigenvalue weighted by Crippen LogP contribution is 2.16. The molecule has 0 aliphatic carbocycles. The molecule has 1 heterocycles. The van der Waals surface area contributed by atoms with Crippen LogP contribution in [0.3, 0.4) is 0 Å². The van der Waals surface area contributed by atoms with Gasteiger partial charge in [0.05, 0.1) is 5.69 Å². The van der Waals surface area contributed by atoms with Crippen LogP contribution in [-0.4, -0.2) is 22.2 Å². The molecule has 0 spiro atoms. The lowest BCUT2D eigenvalue weighted by atomic mass is 10.1. The van der Waals surface area contributed by atoms with E-state index in [0.29, 0.717) is 23.7 Å². The Bertz CT molecular complexity index is 738. The number of rotatable bonds is 5. The normalized spacial score (nSPS) is 12.2. The van der Waals surface area contributed by atoms with E-state index in [2.05, 4.69) is 10.4 Å². The minimum Gasteiger partial charge on any atom is -0.354 e. The lowest BCUT2D eigenvalue weighted by molar-refractivity contribution is -0.124. The Labute approximate surface area is 134 Å². The van der Waals surface area contributed by atoms with Gasteiger partial charge in [0, 0.05) is 18.2 Å². The quantitative estimate of drug-likeness (QED) is 0.921. The van der Waals surface area contributed by atoms with Gasteiger partial charge in [-0.1, -0.05) is 13.8 Å². The largest absolute Gasteiger partial charge is 0.354 e. The van der Waals surface area contributed by atoms with Crippen LogP contribution in [0.5, 0.6) is 0 Å². The van der Waals surface area contributed by atoms with Crippen LogP contribution in [0.15, 0.2) is 41.2 Å². The molecule has 1 unspecified atom stereocenters. The van der Waals surface area contributed by atoms with E-state index in [-0.39, 0.29) is 17.3 Å². The summed E-state index contributed by atoms with van der Waals surface area (Å²) in [4.78, 5) is 24.1. The predicted octanol–water partition coefficient (Wildman–Crippen LogP) is 2.38. The first-order valence-electron chi connectivity index (χ1n) is 7.52. The zero-order valence-corrected chi connectivity index (χ0v) is 13.4. The summed E-state index contributed by atoms with van der Waals surface area (Å²) < 4.78 is 14.1. The Balaban J connectivity index is 2.28. The van der Waals surface area contributed by atoms with E-state index in [1.54, 1.807) is 25.1 Å². The second-order valence-electron chi connectivity index (χ2n) is 5.82. The molecule has 1 aromatic heterocycles. The van der Waals surface area contributed by atoms with Crippen molar-refractivity contribution in [3.05, 3.63) is 52.6 Å². The van der Waals surface area contributed by atoms with E-state index >= 15 is 0 Å². The van der Waals surface area contributed by atoms with Crippen molar-refractivity contribution in [3.8, 4) is 11.3 Å². The number of carbonyl (C=O) groups is 1. The zero-order valence-electron chi connectivity index (χ0n) is 13.4. The molecule has 5 nitrogen and oxygen atoms in total. The zero-order chi connectivity index (χ0) is 17.0. The maximum absolute atomic E-state index is 13.0. The van der Waals surface area contributed by atoms with Crippen LogP contribution in [0.2, 0.25) is 0 Å². The second-order valence-corrected chi connectivity index (χ2v) is 5.82. The number of halogens is 1. The van der Waals surface area contributed by atoms with Crippen LogP contribution in [0.1, 0.15) is 26.8 Å². The van der Waals surface area contributed by atoms with Gasteiger partial charge < -0.3 is 5.32 Å². The molecular weight excluding hydrogens is 297 g/mol. The molecule has 23 heavy (non-hydrogen) atoms. The van der Waals surface area contributed by atoms with E-state index in [9.17, 15) is 14.0 Å². The Kier molecular flexibility index (Phi) is 5.26. The Morgan fingerprint density at radius 3 is 2.43 bits per heavy atom. The van der Waals surface area contributed by atoms with Crippen molar-refractivity contribution in [1.29, 1.82) is 0 Å². The topological polar surface area (TPSA) is 64.0 Å². The lowest BCUT2D eigenvalue weighted by Gasteiger charge is -2.16. The third-order valence-electron chi connectivity index (χ3n) is 3.40. The summed E-state index contributed by atoms with van der Waals surface area (Å²) in [6.45, 7) is 6.14. The van der Waals surface area contributed by atoms with Crippen molar-refractivity contribution in [3.63, 3.8) is 0 Å². The average molecular weight is 317 g/mol. The fourth-order valence-electron chi connectivity index (χ4n) is 2.04. The Morgan fingerprint density at radius 2 is 1.83 bits per heavy atom. The molecule has 0 radical (unpaired) electrons. The molecule has 6 heteroatoms. The minimum absolute atomic E-state index is 0.260. The highest BCUT2D eigenvalue weighted by Gasteiger charge is 2.18. The molecule has 122 valence electrons. The summed E-state index contributed by atoms with van der Waals surface area (Å²) in [6, 6.07) is 8.01. The molecular formula is C17H20FN3O2. The van der Waals surface area contributed by atoms with Gasteiger partial charge >= 0.3 is 0 Å². The molecule has 1 amide bonds. The number of amides is 1. The summed E-state index contributed by atoms with van der Waals surface area (Å²) >= 11 is 0. The van der Waals surface area contributed by atoms with Crippen LogP contribution >= 0.6 is 0 Å². The van der Waals surface area contributed by atoms with Crippen LogP contribution < -0.4 is 10.9 Å². The molecule has 0 aliphatic heterocycles. The summed E-state index contributed by atoms with van der Waals surface area (Å²) in [7, 11) is 0. The summed E-state index contributed by atoms with van der Waals surface area (Å²) in [5.74, 6) is -0.283. The number of nitrogens with one attached hydrogen (secondary N) is 1. The number of hydrogen-bond donors (Lipinski definition) is 1. The monoisotopic (exact) mass is 317 g/mol. The molecule has 0 saturated heterocycles. The van der Waals surface area contributed by atoms with Crippen LogP contribution in [-0.2, 0) is 4.79 Å². The van der Waals surface area contributed by atoms with Gasteiger partial charge in [-0.05, 0) is 43.2 Å². The minimum atomic E-state index is -0.721. The molecule has 1 atom stereocenters. The van der Waals surface area contributed by atoms with Crippen molar-refractivity contribution >= 4 is 5.91 Å². The first-order valence-corrected chi connectivity index (χ1v) is 7.52. The third kappa shape index (κ3) is 4.25. The second kappa shape index (κ2) is 7.17. The number of benzene rings is 1. The van der Waals surface area contributed by atoms with Gasteiger partial charge in [0.15, 0.2) is 0 Å². The van der Waals surface area contributed by atoms with Gasteiger partial charge in [-0.25, -0.2) is 9.07 Å². The van der Waals surface area contributed by atoms with Gasteiger partial charge in [0.2, 0.25) is 5.91 Å². The Morgan fingerprint density at radius 1 is 1.17 bits per heavy atom. The van der Waals surface area contributed by atoms with E-state index in [4.69, 9.17) is 0 Å². The molecule has 0 bridgehead atoms. The molecule has 0 fully saturated rings. The van der Waals surface area contributed by atoms with Crippen LogP contribution in [0.4, 0.5) is 4.39 Å². The van der Waals surface area contributed by atoms with Gasteiger partial charge in [-0.15, -0.1) is 0 Å². The van der Waals surface area contributed by atoms with E-state index in [1.807, 2.05) is 13.8 Å². The third-order valence-corrected chi connectivity index (χ3v) is 3.40. The summed E-state index contributed by atoms with van der Waals surface area (Å²) in [5, 5.41) is 7.03. The predicted molar refractivity (Wildman–Crippen MR) is 86.4 cm³/mol. The van der Waals surface area contributed by atoms with Crippen LogP contribution in [0.25, 0.3) is 11.3 Å². The fourth-order valence-corrected chi connectivity index (χ4v) is 2.04. The first kappa shape index (κ1) is 16.9. The molecule has 2 aromatic rings. The smallest absolute Gasteiger partial charge is 0.267 e. The fraction of sp³-hybridized carbons (Fsp3) is 0.353. The van der Waals surface area contributed by atoms with Crippen molar-refractivity contribution in [1.82, 2.24) is 15.1 Å². The number of aromatic nitrogens is 2. The highest BCUT2D eigenvalue weighted by molar-refractivity contribution is 5.79. The average Bonchev–Trinajstić information content (AvgIpc) is 2.53. The van der Waals surface area contributed by atoms with Gasteiger partial charge in [0.25, 0.3) is 5.56 Å². The SMILES string of the molecule is CC(C)CNC(=O)C(C)n1nc(-c2ccc(F)cc2)ccc1=O. The highest BCUT2D eigenvalue weighted by atomic mass is 19.1. The number of carbonyl (C=O) groups excluding carboxylic acids is 1. The molecule has 2 rings (SSSR count). The standard InChI is InChI=1S/C17H20FN3O2/c1-11(2)10-19-17(23)12(3)21-16(22)9-8-15(20-21)13-4-6-14(18)7-5-13/h4-9,11-12H,10H2,1-3H3,(H,19,23). The van der Waals surface area contributed by atoms with Crippen molar-refractivity contribution in [2.75, 3.05) is 6.54 Å². The van der Waals surface area contributed by atoms with E-state index < -0.39 is 6.04 Å². The maximum Gasteiger partial charge on any atom is 0.267 e. The number of nitrogens with zero attached hydrogens (tertiary/aromatic N) is 2. The van der Waals surface area contributed by atoms with E-state index in [0.717, 1.165) is 4.68 Å². The first-order chi connectivity index (χ1) is 10.9. The molecule has 1 N–H and O–H groups in total. The summed E-state index contributed by atoms with van der Waals surface area (Å²) in [6.07, 6.45) is 0. The van der Waals surface area contributed by atoms with Gasteiger partial charge in [-0.3, -0.25) is 9.59 Å². The van der Waals surface area contributed by atoms with Crippen molar-refractivity contribution < 1.29 is 9.18 Å². The maximum atomic E-state index is 13.0. The van der Waals surface area contributed by atoms with Gasteiger partial charge in [0.1, 0.15) is 11.9 Å². The summed E-state index contributed by atoms with van der Waals surface area (Å²) in [5.41, 5.74) is 0.825. The van der Waals surface area contributed by atoms with E-state index in [1.165, 1.54) is 18.2 Å². The molecule has 0 aliphatic rings. The lowest BCUT2D eigenvalue weighted by Crippen LogP contribution is -2.38. The molecule has 0 saturated carbocycles. The van der Waals surface area contributed by atoms with Crippen LogP contribution in [0, 0.1) is 11.7 Å².